The zero-order valence-corrected chi connectivity index (χ0v) is 10.6. The summed E-state index contributed by atoms with van der Waals surface area (Å²) in [5.41, 5.74) is 5.36. The molecule has 2 rings (SSSR count). The molecule has 0 aliphatic heterocycles. The van der Waals surface area contributed by atoms with Gasteiger partial charge in [-0.15, -0.1) is 5.10 Å². The Morgan fingerprint density at radius 1 is 1.65 bits per heavy atom. The van der Waals surface area contributed by atoms with Crippen LogP contribution < -0.4 is 11.1 Å². The highest BCUT2D eigenvalue weighted by Gasteiger charge is 2.29. The molecule has 2 unspecified atom stereocenters. The summed E-state index contributed by atoms with van der Waals surface area (Å²) in [6.07, 6.45) is 3.37. The largest absolute Gasteiger partial charge is 0.366 e. The minimum absolute atomic E-state index is 0.0982. The zero-order valence-electron chi connectivity index (χ0n) is 9.77. The van der Waals surface area contributed by atoms with Crippen molar-refractivity contribution in [2.45, 2.75) is 37.5 Å². The van der Waals surface area contributed by atoms with Crippen LogP contribution in [-0.4, -0.2) is 38.1 Å². The van der Waals surface area contributed by atoms with E-state index < -0.39 is 0 Å². The maximum Gasteiger partial charge on any atom is 0.288 e. The minimum atomic E-state index is -0.220. The van der Waals surface area contributed by atoms with Crippen LogP contribution in [0.2, 0.25) is 0 Å². The van der Waals surface area contributed by atoms with Gasteiger partial charge in [-0.05, 0) is 18.6 Å². The summed E-state index contributed by atoms with van der Waals surface area (Å²) in [6.45, 7) is 2.14. The Morgan fingerprint density at radius 2 is 2.47 bits per heavy atom. The highest BCUT2D eigenvalue weighted by molar-refractivity contribution is 7.99. The molecular formula is C10H17N5OS. The Hall–Kier alpha value is -1.24. The number of rotatable bonds is 4. The van der Waals surface area contributed by atoms with Gasteiger partial charge < -0.3 is 11.1 Å². The van der Waals surface area contributed by atoms with Gasteiger partial charge in [0, 0.05) is 11.3 Å². The first-order valence-corrected chi connectivity index (χ1v) is 6.86. The van der Waals surface area contributed by atoms with Gasteiger partial charge in [-0.3, -0.25) is 9.89 Å². The molecule has 0 aromatic carbocycles. The van der Waals surface area contributed by atoms with E-state index in [2.05, 4.69) is 27.4 Å². The molecule has 1 aromatic heterocycles. The number of anilines is 1. The molecule has 4 N–H and O–H groups in total. The molecule has 94 valence electrons. The molecule has 0 spiro atoms. The summed E-state index contributed by atoms with van der Waals surface area (Å²) in [5.74, 6) is 1.14. The Labute approximate surface area is 104 Å². The molecule has 1 fully saturated rings. The van der Waals surface area contributed by atoms with Gasteiger partial charge in [0.1, 0.15) is 0 Å². The number of nitrogens with two attached hydrogens (primary N) is 1. The van der Waals surface area contributed by atoms with Crippen molar-refractivity contribution in [1.29, 1.82) is 0 Å². The van der Waals surface area contributed by atoms with E-state index in [4.69, 9.17) is 5.73 Å². The van der Waals surface area contributed by atoms with Gasteiger partial charge in [0.2, 0.25) is 11.8 Å². The van der Waals surface area contributed by atoms with Crippen molar-refractivity contribution < 1.29 is 4.79 Å². The van der Waals surface area contributed by atoms with Crippen molar-refractivity contribution >= 4 is 23.6 Å². The van der Waals surface area contributed by atoms with Gasteiger partial charge in [0.25, 0.3) is 5.91 Å². The van der Waals surface area contributed by atoms with E-state index in [-0.39, 0.29) is 23.7 Å². The van der Waals surface area contributed by atoms with Gasteiger partial charge in [-0.25, -0.2) is 0 Å². The van der Waals surface area contributed by atoms with Gasteiger partial charge in [0.05, 0.1) is 0 Å². The molecule has 1 aromatic rings. The fourth-order valence-corrected chi connectivity index (χ4v) is 3.32. The molecule has 0 saturated heterocycles. The molecule has 2 atom stereocenters. The first kappa shape index (κ1) is 12.2. The van der Waals surface area contributed by atoms with Crippen LogP contribution in [0.15, 0.2) is 0 Å². The first-order valence-electron chi connectivity index (χ1n) is 5.81. The predicted octanol–water partition coefficient (Wildman–Crippen LogP) is 0.791. The van der Waals surface area contributed by atoms with E-state index in [1.54, 1.807) is 0 Å². The number of aromatic amines is 1. The minimum Gasteiger partial charge on any atom is -0.366 e. The first-order chi connectivity index (χ1) is 8.20. The van der Waals surface area contributed by atoms with Crippen LogP contribution in [0.25, 0.3) is 0 Å². The van der Waals surface area contributed by atoms with Crippen LogP contribution in [0.1, 0.15) is 36.8 Å². The smallest absolute Gasteiger partial charge is 0.288 e. The molecule has 0 bridgehead atoms. The van der Waals surface area contributed by atoms with Gasteiger partial charge in [-0.2, -0.15) is 16.7 Å². The summed E-state index contributed by atoms with van der Waals surface area (Å²) in [7, 11) is 0. The van der Waals surface area contributed by atoms with Gasteiger partial charge in [-0.1, -0.05) is 13.3 Å². The van der Waals surface area contributed by atoms with Crippen LogP contribution in [0.3, 0.4) is 0 Å². The van der Waals surface area contributed by atoms with Gasteiger partial charge >= 0.3 is 0 Å². The van der Waals surface area contributed by atoms with E-state index in [1.165, 1.54) is 12.8 Å². The van der Waals surface area contributed by atoms with Crippen LogP contribution in [0.5, 0.6) is 0 Å². The van der Waals surface area contributed by atoms with Crippen LogP contribution >= 0.6 is 11.8 Å². The topological polar surface area (TPSA) is 96.7 Å². The van der Waals surface area contributed by atoms with Crippen LogP contribution in [-0.2, 0) is 0 Å². The van der Waals surface area contributed by atoms with Crippen molar-refractivity contribution in [3.8, 4) is 0 Å². The van der Waals surface area contributed by atoms with E-state index in [1.807, 2.05) is 11.8 Å². The van der Waals surface area contributed by atoms with E-state index in [9.17, 15) is 4.79 Å². The summed E-state index contributed by atoms with van der Waals surface area (Å²) in [6, 6.07) is 0.235. The second-order valence-electron chi connectivity index (χ2n) is 4.05. The lowest BCUT2D eigenvalue weighted by molar-refractivity contribution is 0.0928. The normalized spacial score (nSPS) is 23.8. The molecule has 0 radical (unpaired) electrons. The Morgan fingerprint density at radius 3 is 3.12 bits per heavy atom. The van der Waals surface area contributed by atoms with Crippen molar-refractivity contribution in [3.05, 3.63) is 5.82 Å². The maximum atomic E-state index is 11.9. The SMILES string of the molecule is CCSC1CCCC1NC(=O)c1nc(N)n[nH]1. The average Bonchev–Trinajstić information content (AvgIpc) is 2.89. The van der Waals surface area contributed by atoms with E-state index >= 15 is 0 Å². The van der Waals surface area contributed by atoms with Gasteiger partial charge in [0.15, 0.2) is 0 Å². The number of H-pyrrole nitrogens is 1. The third-order valence-electron chi connectivity index (χ3n) is 2.87. The molecule has 1 aliphatic rings. The van der Waals surface area contributed by atoms with Crippen molar-refractivity contribution in [3.63, 3.8) is 0 Å². The monoisotopic (exact) mass is 255 g/mol. The Kier molecular flexibility index (Phi) is 3.88. The van der Waals surface area contributed by atoms with Crippen LogP contribution in [0.4, 0.5) is 5.95 Å². The number of nitrogen functional groups attached to an aromatic ring is 1. The molecule has 6 nitrogen and oxygen atoms in total. The lowest BCUT2D eigenvalue weighted by Gasteiger charge is -2.19. The molecule has 7 heteroatoms. The standard InChI is InChI=1S/C10H17N5OS/c1-2-17-7-5-3-4-6(7)12-9(16)8-13-10(11)15-14-8/h6-7H,2-5H2,1H3,(H,12,16)(H3,11,13,14,15). The number of carbonyl (C=O) groups is 1. The number of aromatic nitrogens is 3. The van der Waals surface area contributed by atoms with E-state index in [0.717, 1.165) is 12.2 Å². The highest BCUT2D eigenvalue weighted by Crippen LogP contribution is 2.29. The molecular weight excluding hydrogens is 238 g/mol. The number of thioether (sulfide) groups is 1. The van der Waals surface area contributed by atoms with E-state index in [0.29, 0.717) is 5.25 Å². The number of hydrogen-bond donors (Lipinski definition) is 3. The second kappa shape index (κ2) is 5.39. The molecule has 17 heavy (non-hydrogen) atoms. The molecule has 1 heterocycles. The lowest BCUT2D eigenvalue weighted by Crippen LogP contribution is -2.39. The average molecular weight is 255 g/mol. The quantitative estimate of drug-likeness (QED) is 0.739. The number of nitrogens with one attached hydrogen (secondary N) is 2. The maximum absolute atomic E-state index is 11.9. The lowest BCUT2D eigenvalue weighted by atomic mass is 10.2. The van der Waals surface area contributed by atoms with Crippen molar-refractivity contribution in [2.24, 2.45) is 0 Å². The van der Waals surface area contributed by atoms with Crippen LogP contribution in [0, 0.1) is 0 Å². The summed E-state index contributed by atoms with van der Waals surface area (Å²) in [5, 5.41) is 9.68. The molecule has 1 saturated carbocycles. The molecule has 1 aliphatic carbocycles. The second-order valence-corrected chi connectivity index (χ2v) is 5.56. The Bertz CT molecular complexity index is 394. The fraction of sp³-hybridized carbons (Fsp3) is 0.700. The molecule has 1 amide bonds. The summed E-state index contributed by atoms with van der Waals surface area (Å²) < 4.78 is 0. The van der Waals surface area contributed by atoms with Crippen molar-refractivity contribution in [1.82, 2.24) is 20.5 Å². The third kappa shape index (κ3) is 2.91. The number of hydrogen-bond acceptors (Lipinski definition) is 5. The number of nitrogens with zero attached hydrogens (tertiary/aromatic N) is 2. The fourth-order valence-electron chi connectivity index (χ4n) is 2.12. The third-order valence-corrected chi connectivity index (χ3v) is 4.19. The predicted molar refractivity (Wildman–Crippen MR) is 67.8 cm³/mol. The number of amides is 1. The Balaban J connectivity index is 1.94. The zero-order chi connectivity index (χ0) is 12.3. The summed E-state index contributed by atoms with van der Waals surface area (Å²) in [4.78, 5) is 15.7. The summed E-state index contributed by atoms with van der Waals surface area (Å²) >= 11 is 1.90. The number of carbonyl (C=O) groups excluding carboxylic acids is 1. The highest BCUT2D eigenvalue weighted by atomic mass is 32.2. The van der Waals surface area contributed by atoms with Crippen molar-refractivity contribution in [2.75, 3.05) is 11.5 Å².